The summed E-state index contributed by atoms with van der Waals surface area (Å²) in [7, 11) is 0. The van der Waals surface area contributed by atoms with Gasteiger partial charge in [0.05, 0.1) is 14.4 Å². The first-order valence-corrected chi connectivity index (χ1v) is 7.03. The van der Waals surface area contributed by atoms with Gasteiger partial charge >= 0.3 is 0 Å². The van der Waals surface area contributed by atoms with E-state index in [1.165, 1.54) is 11.3 Å². The summed E-state index contributed by atoms with van der Waals surface area (Å²) in [6, 6.07) is 1.96. The minimum absolute atomic E-state index is 0.0180. The Morgan fingerprint density at radius 1 is 1.33 bits per heavy atom. The molecule has 0 amide bonds. The molecule has 1 unspecified atom stereocenters. The van der Waals surface area contributed by atoms with Crippen LogP contribution in [0, 0.1) is 18.6 Å². The van der Waals surface area contributed by atoms with Gasteiger partial charge in [-0.05, 0) is 45.9 Å². The lowest BCUT2D eigenvalue weighted by Crippen LogP contribution is -2.02. The maximum Gasteiger partial charge on any atom is 0.137 e. The van der Waals surface area contributed by atoms with Crippen molar-refractivity contribution in [1.29, 1.82) is 0 Å². The number of hydrogen-bond acceptors (Lipinski definition) is 2. The molecule has 1 aromatic carbocycles. The summed E-state index contributed by atoms with van der Waals surface area (Å²) < 4.78 is 27.1. The SMILES string of the molecule is Cc1csc(C(O)c2cc(F)c(Br)cc2F)c1Cl. The first kappa shape index (κ1) is 13.9. The molecule has 0 aliphatic rings. The van der Waals surface area contributed by atoms with E-state index in [0.29, 0.717) is 9.90 Å². The average Bonchev–Trinajstić information content (AvgIpc) is 2.64. The fourth-order valence-electron chi connectivity index (χ4n) is 1.52. The Balaban J connectivity index is 2.49. The molecule has 1 nitrogen and oxygen atoms in total. The molecule has 0 saturated carbocycles. The molecular weight excluding hydrogens is 346 g/mol. The molecule has 96 valence electrons. The van der Waals surface area contributed by atoms with Crippen LogP contribution < -0.4 is 0 Å². The fraction of sp³-hybridized carbons (Fsp3) is 0.167. The quantitative estimate of drug-likeness (QED) is 0.767. The van der Waals surface area contributed by atoms with Crippen LogP contribution in [0.5, 0.6) is 0 Å². The van der Waals surface area contributed by atoms with Crippen LogP contribution >= 0.6 is 38.9 Å². The van der Waals surface area contributed by atoms with Gasteiger partial charge in [-0.2, -0.15) is 0 Å². The topological polar surface area (TPSA) is 20.2 Å². The molecule has 2 aromatic rings. The normalized spacial score (nSPS) is 12.8. The van der Waals surface area contributed by atoms with Crippen LogP contribution in [0.1, 0.15) is 22.1 Å². The van der Waals surface area contributed by atoms with Crippen LogP contribution in [-0.4, -0.2) is 5.11 Å². The molecule has 0 aliphatic carbocycles. The predicted molar refractivity (Wildman–Crippen MR) is 72.2 cm³/mol. The fourth-order valence-corrected chi connectivity index (χ4v) is 3.14. The molecule has 0 saturated heterocycles. The second kappa shape index (κ2) is 5.25. The van der Waals surface area contributed by atoms with Crippen molar-refractivity contribution < 1.29 is 13.9 Å². The van der Waals surface area contributed by atoms with Gasteiger partial charge in [0.15, 0.2) is 0 Å². The van der Waals surface area contributed by atoms with Crippen LogP contribution in [0.2, 0.25) is 5.02 Å². The van der Waals surface area contributed by atoms with Crippen LogP contribution in [-0.2, 0) is 0 Å². The zero-order valence-corrected chi connectivity index (χ0v) is 12.3. The zero-order valence-electron chi connectivity index (χ0n) is 9.18. The van der Waals surface area contributed by atoms with Crippen LogP contribution in [0.4, 0.5) is 8.78 Å². The monoisotopic (exact) mass is 352 g/mol. The molecule has 0 aliphatic heterocycles. The number of aryl methyl sites for hydroxylation is 1. The summed E-state index contributed by atoms with van der Waals surface area (Å²) in [6.45, 7) is 1.79. The van der Waals surface area contributed by atoms with Crippen molar-refractivity contribution in [3.05, 3.63) is 54.6 Å². The number of benzene rings is 1. The van der Waals surface area contributed by atoms with Gasteiger partial charge in [0.25, 0.3) is 0 Å². The van der Waals surface area contributed by atoms with Crippen LogP contribution in [0.25, 0.3) is 0 Å². The Kier molecular flexibility index (Phi) is 4.06. The zero-order chi connectivity index (χ0) is 13.4. The highest BCUT2D eigenvalue weighted by Gasteiger charge is 2.22. The van der Waals surface area contributed by atoms with Crippen molar-refractivity contribution >= 4 is 38.9 Å². The van der Waals surface area contributed by atoms with Gasteiger partial charge < -0.3 is 5.11 Å². The van der Waals surface area contributed by atoms with Gasteiger partial charge in [0, 0.05) is 5.56 Å². The van der Waals surface area contributed by atoms with E-state index in [9.17, 15) is 13.9 Å². The van der Waals surface area contributed by atoms with Crippen LogP contribution in [0.15, 0.2) is 22.0 Å². The number of halogens is 4. The summed E-state index contributed by atoms with van der Waals surface area (Å²) in [5.41, 5.74) is 0.674. The molecule has 0 radical (unpaired) electrons. The molecule has 0 fully saturated rings. The van der Waals surface area contributed by atoms with Crippen molar-refractivity contribution in [1.82, 2.24) is 0 Å². The Morgan fingerprint density at radius 2 is 2.00 bits per heavy atom. The Morgan fingerprint density at radius 3 is 2.56 bits per heavy atom. The average molecular weight is 354 g/mol. The van der Waals surface area contributed by atoms with Gasteiger partial charge in [-0.1, -0.05) is 11.6 Å². The highest BCUT2D eigenvalue weighted by atomic mass is 79.9. The maximum atomic E-state index is 13.7. The molecule has 1 N–H and O–H groups in total. The highest BCUT2D eigenvalue weighted by molar-refractivity contribution is 9.10. The number of aliphatic hydroxyl groups excluding tert-OH is 1. The molecular formula is C12H8BrClF2OS. The number of thiophene rings is 1. The molecule has 18 heavy (non-hydrogen) atoms. The van der Waals surface area contributed by atoms with Crippen molar-refractivity contribution in [2.24, 2.45) is 0 Å². The lowest BCUT2D eigenvalue weighted by Gasteiger charge is -2.12. The first-order valence-electron chi connectivity index (χ1n) is 4.97. The summed E-state index contributed by atoms with van der Waals surface area (Å²) >= 11 is 10.1. The molecule has 1 atom stereocenters. The third-order valence-corrected chi connectivity index (χ3v) is 4.88. The van der Waals surface area contributed by atoms with E-state index in [2.05, 4.69) is 15.9 Å². The molecule has 0 bridgehead atoms. The van der Waals surface area contributed by atoms with E-state index in [-0.39, 0.29) is 10.0 Å². The lowest BCUT2D eigenvalue weighted by molar-refractivity contribution is 0.218. The minimum atomic E-state index is -1.27. The molecule has 0 spiro atoms. The number of rotatable bonds is 2. The number of aliphatic hydroxyl groups is 1. The van der Waals surface area contributed by atoms with E-state index >= 15 is 0 Å². The molecule has 1 heterocycles. The van der Waals surface area contributed by atoms with Crippen molar-refractivity contribution in [2.75, 3.05) is 0 Å². The Hall–Kier alpha value is -0.490. The summed E-state index contributed by atoms with van der Waals surface area (Å²) in [5.74, 6) is -1.31. The minimum Gasteiger partial charge on any atom is -0.383 e. The second-order valence-electron chi connectivity index (χ2n) is 3.79. The van der Waals surface area contributed by atoms with Crippen molar-refractivity contribution in [3.63, 3.8) is 0 Å². The molecule has 6 heteroatoms. The van der Waals surface area contributed by atoms with Gasteiger partial charge in [0.1, 0.15) is 17.7 Å². The molecule has 2 rings (SSSR count). The largest absolute Gasteiger partial charge is 0.383 e. The van der Waals surface area contributed by atoms with Crippen molar-refractivity contribution in [3.8, 4) is 0 Å². The molecule has 1 aromatic heterocycles. The summed E-state index contributed by atoms with van der Waals surface area (Å²) in [4.78, 5) is 0.412. The van der Waals surface area contributed by atoms with Gasteiger partial charge in [0.2, 0.25) is 0 Å². The van der Waals surface area contributed by atoms with Crippen molar-refractivity contribution in [2.45, 2.75) is 13.0 Å². The van der Waals surface area contributed by atoms with Crippen LogP contribution in [0.3, 0.4) is 0 Å². The Bertz CT molecular complexity index is 600. The number of hydrogen-bond donors (Lipinski definition) is 1. The highest BCUT2D eigenvalue weighted by Crippen LogP contribution is 2.37. The van der Waals surface area contributed by atoms with E-state index < -0.39 is 17.7 Å². The third-order valence-electron chi connectivity index (χ3n) is 2.51. The van der Waals surface area contributed by atoms with E-state index in [1.807, 2.05) is 0 Å². The first-order chi connectivity index (χ1) is 8.41. The van der Waals surface area contributed by atoms with Gasteiger partial charge in [-0.3, -0.25) is 0 Å². The maximum absolute atomic E-state index is 13.7. The standard InChI is InChI=1S/C12H8BrClF2OS/c1-5-4-18-12(10(5)14)11(17)6-2-9(16)7(13)3-8(6)15/h2-4,11,17H,1H3. The summed E-state index contributed by atoms with van der Waals surface area (Å²) in [5, 5.41) is 12.2. The second-order valence-corrected chi connectivity index (χ2v) is 5.93. The van der Waals surface area contributed by atoms with E-state index in [0.717, 1.165) is 17.7 Å². The predicted octanol–water partition coefficient (Wildman–Crippen LogP) is 4.83. The summed E-state index contributed by atoms with van der Waals surface area (Å²) in [6.07, 6.45) is -1.27. The van der Waals surface area contributed by atoms with E-state index in [1.54, 1.807) is 12.3 Å². The van der Waals surface area contributed by atoms with Gasteiger partial charge in [-0.25, -0.2) is 8.78 Å². The Labute approximate surface area is 120 Å². The van der Waals surface area contributed by atoms with E-state index in [4.69, 9.17) is 11.6 Å². The van der Waals surface area contributed by atoms with Gasteiger partial charge in [-0.15, -0.1) is 11.3 Å². The smallest absolute Gasteiger partial charge is 0.137 e. The lowest BCUT2D eigenvalue weighted by atomic mass is 10.1. The third kappa shape index (κ3) is 2.45.